The van der Waals surface area contributed by atoms with E-state index in [1.54, 1.807) is 0 Å². The van der Waals surface area contributed by atoms with Crippen LogP contribution in [0, 0.1) is 5.92 Å². The molecule has 1 aliphatic carbocycles. The van der Waals surface area contributed by atoms with Crippen molar-refractivity contribution in [2.24, 2.45) is 5.92 Å². The monoisotopic (exact) mass is 158 g/mol. The summed E-state index contributed by atoms with van der Waals surface area (Å²) >= 11 is 0. The van der Waals surface area contributed by atoms with Crippen molar-refractivity contribution in [3.8, 4) is 0 Å². The maximum Gasteiger partial charge on any atom is -0.0127 e. The van der Waals surface area contributed by atoms with Crippen molar-refractivity contribution < 1.29 is 0 Å². The van der Waals surface area contributed by atoms with Gasteiger partial charge in [-0.1, -0.05) is 36.4 Å². The average Bonchev–Trinajstić information content (AvgIpc) is 2.87. The highest BCUT2D eigenvalue weighted by Crippen LogP contribution is 2.49. The molecule has 2 atom stereocenters. The van der Waals surface area contributed by atoms with Gasteiger partial charge in [0.15, 0.2) is 0 Å². The molecule has 1 aromatic rings. The Labute approximate surface area is 73.9 Å². The summed E-state index contributed by atoms with van der Waals surface area (Å²) in [6, 6.07) is 10.8. The van der Waals surface area contributed by atoms with Crippen LogP contribution in [-0.4, -0.2) is 0 Å². The summed E-state index contributed by atoms with van der Waals surface area (Å²) < 4.78 is 0. The molecule has 0 aromatic heterocycles. The molecule has 1 aromatic carbocycles. The molecular formula is C12H14. The lowest BCUT2D eigenvalue weighted by atomic mass is 10.1. The molecule has 62 valence electrons. The Balaban J connectivity index is 2.01. The Kier molecular flexibility index (Phi) is 1.99. The molecule has 0 heteroatoms. The second kappa shape index (κ2) is 3.14. The topological polar surface area (TPSA) is 0 Å². The second-order valence-corrected chi connectivity index (χ2v) is 3.54. The molecule has 0 bridgehead atoms. The lowest BCUT2D eigenvalue weighted by Crippen LogP contribution is -1.80. The lowest BCUT2D eigenvalue weighted by molar-refractivity contribution is 0.821. The van der Waals surface area contributed by atoms with Crippen LogP contribution in [0.5, 0.6) is 0 Å². The zero-order valence-electron chi connectivity index (χ0n) is 7.24. The molecule has 0 saturated heterocycles. The molecule has 1 fully saturated rings. The zero-order valence-corrected chi connectivity index (χ0v) is 7.24. The Hall–Kier alpha value is -1.04. The Morgan fingerprint density at radius 1 is 1.33 bits per heavy atom. The standard InChI is InChI=1S/C12H14/c1-2-6-11-9-12(11)10-7-4-3-5-8-10/h2-5,7-8,11-12H,1,6,9H2/t11-,12+/m1/s1. The van der Waals surface area contributed by atoms with Gasteiger partial charge in [-0.05, 0) is 30.2 Å². The quantitative estimate of drug-likeness (QED) is 0.592. The molecule has 0 N–H and O–H groups in total. The average molecular weight is 158 g/mol. The summed E-state index contributed by atoms with van der Waals surface area (Å²) in [6.45, 7) is 3.77. The molecule has 2 rings (SSSR count). The number of benzene rings is 1. The smallest absolute Gasteiger partial charge is 0.0127 e. The zero-order chi connectivity index (χ0) is 8.39. The number of hydrogen-bond donors (Lipinski definition) is 0. The van der Waals surface area contributed by atoms with Crippen LogP contribution in [-0.2, 0) is 0 Å². The van der Waals surface area contributed by atoms with Gasteiger partial charge < -0.3 is 0 Å². The van der Waals surface area contributed by atoms with Gasteiger partial charge in [0.2, 0.25) is 0 Å². The first kappa shape index (κ1) is 7.60. The number of allylic oxidation sites excluding steroid dienone is 1. The van der Waals surface area contributed by atoms with E-state index in [2.05, 4.69) is 36.9 Å². The van der Waals surface area contributed by atoms with E-state index in [0.29, 0.717) is 0 Å². The van der Waals surface area contributed by atoms with E-state index in [1.807, 2.05) is 6.08 Å². The van der Waals surface area contributed by atoms with Gasteiger partial charge in [0.25, 0.3) is 0 Å². The van der Waals surface area contributed by atoms with Crippen molar-refractivity contribution in [2.45, 2.75) is 18.8 Å². The summed E-state index contributed by atoms with van der Waals surface area (Å²) in [6.07, 6.45) is 4.57. The molecule has 0 spiro atoms. The predicted molar refractivity (Wildman–Crippen MR) is 52.1 cm³/mol. The van der Waals surface area contributed by atoms with E-state index in [0.717, 1.165) is 11.8 Å². The minimum atomic E-state index is 0.823. The Morgan fingerprint density at radius 2 is 2.08 bits per heavy atom. The third-order valence-electron chi connectivity index (χ3n) is 2.62. The highest BCUT2D eigenvalue weighted by atomic mass is 14.4. The van der Waals surface area contributed by atoms with Gasteiger partial charge in [-0.3, -0.25) is 0 Å². The maximum atomic E-state index is 3.77. The van der Waals surface area contributed by atoms with Crippen LogP contribution in [0.1, 0.15) is 24.3 Å². The third kappa shape index (κ3) is 1.42. The van der Waals surface area contributed by atoms with Gasteiger partial charge in [0, 0.05) is 0 Å². The van der Waals surface area contributed by atoms with E-state index >= 15 is 0 Å². The van der Waals surface area contributed by atoms with E-state index in [1.165, 1.54) is 18.4 Å². The minimum Gasteiger partial charge on any atom is -0.103 e. The summed E-state index contributed by atoms with van der Waals surface area (Å²) in [5, 5.41) is 0. The molecule has 0 unspecified atom stereocenters. The van der Waals surface area contributed by atoms with Gasteiger partial charge >= 0.3 is 0 Å². The minimum absolute atomic E-state index is 0.823. The van der Waals surface area contributed by atoms with Crippen molar-refractivity contribution in [3.05, 3.63) is 48.6 Å². The normalized spacial score (nSPS) is 26.7. The fraction of sp³-hybridized carbons (Fsp3) is 0.333. The Morgan fingerprint density at radius 3 is 2.75 bits per heavy atom. The van der Waals surface area contributed by atoms with Crippen molar-refractivity contribution in [2.75, 3.05) is 0 Å². The first-order valence-electron chi connectivity index (χ1n) is 4.57. The molecule has 1 saturated carbocycles. The van der Waals surface area contributed by atoms with Crippen LogP contribution in [0.3, 0.4) is 0 Å². The molecule has 0 amide bonds. The molecule has 0 aliphatic heterocycles. The molecule has 12 heavy (non-hydrogen) atoms. The van der Waals surface area contributed by atoms with E-state index in [-0.39, 0.29) is 0 Å². The number of hydrogen-bond acceptors (Lipinski definition) is 0. The van der Waals surface area contributed by atoms with Crippen molar-refractivity contribution >= 4 is 0 Å². The molecular weight excluding hydrogens is 144 g/mol. The number of rotatable bonds is 3. The molecule has 0 radical (unpaired) electrons. The van der Waals surface area contributed by atoms with Crippen LogP contribution in [0.25, 0.3) is 0 Å². The van der Waals surface area contributed by atoms with Gasteiger partial charge in [0.1, 0.15) is 0 Å². The summed E-state index contributed by atoms with van der Waals surface area (Å²) in [5.74, 6) is 1.70. The lowest BCUT2D eigenvalue weighted by Gasteiger charge is -1.96. The van der Waals surface area contributed by atoms with E-state index in [4.69, 9.17) is 0 Å². The van der Waals surface area contributed by atoms with Gasteiger partial charge in [-0.15, -0.1) is 6.58 Å². The largest absolute Gasteiger partial charge is 0.103 e. The maximum absolute atomic E-state index is 3.77. The molecule has 0 heterocycles. The molecule has 0 nitrogen and oxygen atoms in total. The first-order valence-corrected chi connectivity index (χ1v) is 4.57. The highest BCUT2D eigenvalue weighted by Gasteiger charge is 2.36. The van der Waals surface area contributed by atoms with E-state index in [9.17, 15) is 0 Å². The van der Waals surface area contributed by atoms with Crippen LogP contribution in [0.4, 0.5) is 0 Å². The summed E-state index contributed by atoms with van der Waals surface area (Å²) in [7, 11) is 0. The third-order valence-corrected chi connectivity index (χ3v) is 2.62. The van der Waals surface area contributed by atoms with Crippen molar-refractivity contribution in [3.63, 3.8) is 0 Å². The first-order chi connectivity index (χ1) is 5.92. The van der Waals surface area contributed by atoms with E-state index < -0.39 is 0 Å². The second-order valence-electron chi connectivity index (χ2n) is 3.54. The predicted octanol–water partition coefficient (Wildman–Crippen LogP) is 3.37. The Bertz CT molecular complexity index is 261. The van der Waals surface area contributed by atoms with Crippen molar-refractivity contribution in [1.82, 2.24) is 0 Å². The fourth-order valence-corrected chi connectivity index (χ4v) is 1.83. The van der Waals surface area contributed by atoms with Crippen molar-refractivity contribution in [1.29, 1.82) is 0 Å². The van der Waals surface area contributed by atoms with Crippen LogP contribution in [0.2, 0.25) is 0 Å². The highest BCUT2D eigenvalue weighted by molar-refractivity contribution is 5.25. The van der Waals surface area contributed by atoms with Gasteiger partial charge in [0.05, 0.1) is 0 Å². The van der Waals surface area contributed by atoms with Crippen LogP contribution < -0.4 is 0 Å². The summed E-state index contributed by atoms with van der Waals surface area (Å²) in [4.78, 5) is 0. The van der Waals surface area contributed by atoms with Crippen LogP contribution >= 0.6 is 0 Å². The fourth-order valence-electron chi connectivity index (χ4n) is 1.83. The summed E-state index contributed by atoms with van der Waals surface area (Å²) in [5.41, 5.74) is 1.50. The SMILES string of the molecule is C=CC[C@@H]1C[C@H]1c1ccccc1. The van der Waals surface area contributed by atoms with Gasteiger partial charge in [-0.25, -0.2) is 0 Å². The van der Waals surface area contributed by atoms with Gasteiger partial charge in [-0.2, -0.15) is 0 Å². The molecule has 1 aliphatic rings. The van der Waals surface area contributed by atoms with Crippen LogP contribution in [0.15, 0.2) is 43.0 Å².